The van der Waals surface area contributed by atoms with Gasteiger partial charge in [-0.1, -0.05) is 18.2 Å². The minimum absolute atomic E-state index is 0.0155. The molecule has 4 rings (SSSR count). The van der Waals surface area contributed by atoms with E-state index in [1.54, 1.807) is 6.92 Å². The molecule has 3 heterocycles. The van der Waals surface area contributed by atoms with Crippen LogP contribution in [0.5, 0.6) is 0 Å². The molecule has 1 aromatic carbocycles. The normalized spacial score (nSPS) is 20.9. The van der Waals surface area contributed by atoms with Crippen LogP contribution in [-0.2, 0) is 22.4 Å². The standard InChI is InChI=1S/C21H22F3N5O3S/c1-11(12-4-3-5-13(16(12)22)17(23)24)28-18-14-8-15(21(25)6-7-33(31,32)9-21)20(30)29(2)19(14)27-10-26-18/h3-5,8,10-11,17H,6-7,9,25H2,1-2H3,(H,26,27,28)/t11-,21?/m1/s1. The number of rotatable bonds is 5. The van der Waals surface area contributed by atoms with Gasteiger partial charge in [0.15, 0.2) is 9.84 Å². The summed E-state index contributed by atoms with van der Waals surface area (Å²) in [6, 6.07) is 4.45. The van der Waals surface area contributed by atoms with E-state index in [4.69, 9.17) is 5.73 Å². The smallest absolute Gasteiger partial charge is 0.266 e. The lowest BCUT2D eigenvalue weighted by molar-refractivity contribution is 0.146. The van der Waals surface area contributed by atoms with Crippen molar-refractivity contribution in [3.8, 4) is 0 Å². The Morgan fingerprint density at radius 3 is 2.58 bits per heavy atom. The Kier molecular flexibility index (Phi) is 5.69. The first kappa shape index (κ1) is 23.2. The lowest BCUT2D eigenvalue weighted by Crippen LogP contribution is -2.43. The molecular weight excluding hydrogens is 459 g/mol. The van der Waals surface area contributed by atoms with Gasteiger partial charge in [0.05, 0.1) is 34.0 Å². The number of halogens is 3. The van der Waals surface area contributed by atoms with Crippen LogP contribution in [0, 0.1) is 5.82 Å². The summed E-state index contributed by atoms with van der Waals surface area (Å²) in [5.74, 6) is -1.29. The molecule has 1 aliphatic heterocycles. The highest BCUT2D eigenvalue weighted by Crippen LogP contribution is 2.33. The molecule has 2 aromatic heterocycles. The number of hydrogen-bond donors (Lipinski definition) is 2. The van der Waals surface area contributed by atoms with Crippen LogP contribution in [0.15, 0.2) is 35.4 Å². The van der Waals surface area contributed by atoms with Crippen molar-refractivity contribution in [2.75, 3.05) is 16.8 Å². The molecule has 33 heavy (non-hydrogen) atoms. The quantitative estimate of drug-likeness (QED) is 0.575. The molecule has 0 radical (unpaired) electrons. The van der Waals surface area contributed by atoms with Gasteiger partial charge in [-0.15, -0.1) is 0 Å². The summed E-state index contributed by atoms with van der Waals surface area (Å²) in [4.78, 5) is 21.3. The van der Waals surface area contributed by atoms with Crippen LogP contribution in [0.3, 0.4) is 0 Å². The predicted molar refractivity (Wildman–Crippen MR) is 117 cm³/mol. The van der Waals surface area contributed by atoms with Crippen molar-refractivity contribution in [3.63, 3.8) is 0 Å². The minimum atomic E-state index is -3.39. The molecule has 0 amide bonds. The predicted octanol–water partition coefficient (Wildman–Crippen LogP) is 2.55. The highest BCUT2D eigenvalue weighted by molar-refractivity contribution is 7.91. The molecule has 0 aliphatic carbocycles. The fraction of sp³-hybridized carbons (Fsp3) is 0.381. The van der Waals surface area contributed by atoms with Crippen LogP contribution in [0.1, 0.15) is 42.5 Å². The highest BCUT2D eigenvalue weighted by atomic mass is 32.2. The average Bonchev–Trinajstić information content (AvgIpc) is 3.04. The molecule has 0 bridgehead atoms. The Morgan fingerprint density at radius 1 is 1.24 bits per heavy atom. The largest absolute Gasteiger partial charge is 0.363 e. The van der Waals surface area contributed by atoms with Gasteiger partial charge in [0.25, 0.3) is 12.0 Å². The second-order valence-corrected chi connectivity index (χ2v) is 10.5. The van der Waals surface area contributed by atoms with Gasteiger partial charge in [-0.05, 0) is 19.4 Å². The number of aromatic nitrogens is 3. The van der Waals surface area contributed by atoms with Gasteiger partial charge in [0.2, 0.25) is 0 Å². The first-order valence-electron chi connectivity index (χ1n) is 10.1. The second kappa shape index (κ2) is 8.10. The molecule has 8 nitrogen and oxygen atoms in total. The third kappa shape index (κ3) is 4.08. The van der Waals surface area contributed by atoms with E-state index >= 15 is 0 Å². The van der Waals surface area contributed by atoms with E-state index in [-0.39, 0.29) is 40.5 Å². The number of sulfone groups is 1. The minimum Gasteiger partial charge on any atom is -0.363 e. The summed E-state index contributed by atoms with van der Waals surface area (Å²) in [6.07, 6.45) is -1.66. The molecule has 176 valence electrons. The van der Waals surface area contributed by atoms with Gasteiger partial charge in [0, 0.05) is 18.2 Å². The fourth-order valence-corrected chi connectivity index (χ4v) is 6.09. The van der Waals surface area contributed by atoms with E-state index in [0.29, 0.717) is 5.39 Å². The molecule has 1 saturated heterocycles. The summed E-state index contributed by atoms with van der Waals surface area (Å²) in [5.41, 5.74) is 4.18. The third-order valence-corrected chi connectivity index (χ3v) is 7.77. The van der Waals surface area contributed by atoms with Crippen molar-refractivity contribution in [1.29, 1.82) is 0 Å². The van der Waals surface area contributed by atoms with Gasteiger partial charge in [-0.25, -0.2) is 31.6 Å². The number of benzene rings is 1. The molecule has 1 unspecified atom stereocenters. The lowest BCUT2D eigenvalue weighted by atomic mass is 9.91. The van der Waals surface area contributed by atoms with Crippen molar-refractivity contribution >= 4 is 26.7 Å². The van der Waals surface area contributed by atoms with Crippen molar-refractivity contribution in [2.24, 2.45) is 12.8 Å². The van der Waals surface area contributed by atoms with Crippen LogP contribution in [0.4, 0.5) is 19.0 Å². The monoisotopic (exact) mass is 481 g/mol. The van der Waals surface area contributed by atoms with Crippen molar-refractivity contribution < 1.29 is 21.6 Å². The van der Waals surface area contributed by atoms with Crippen LogP contribution in [-0.4, -0.2) is 34.5 Å². The van der Waals surface area contributed by atoms with Crippen molar-refractivity contribution in [1.82, 2.24) is 14.5 Å². The number of pyridine rings is 1. The molecule has 1 aliphatic rings. The number of hydrogen-bond acceptors (Lipinski definition) is 7. The Labute approximate surface area is 187 Å². The zero-order valence-corrected chi connectivity index (χ0v) is 18.7. The van der Waals surface area contributed by atoms with Crippen LogP contribution in [0.25, 0.3) is 11.0 Å². The van der Waals surface area contributed by atoms with E-state index in [1.807, 2.05) is 0 Å². The Bertz CT molecular complexity index is 1410. The summed E-state index contributed by atoms with van der Waals surface area (Å²) in [5, 5.41) is 3.35. The number of aryl methyl sites for hydroxylation is 1. The zero-order valence-electron chi connectivity index (χ0n) is 17.8. The van der Waals surface area contributed by atoms with Gasteiger partial charge >= 0.3 is 0 Å². The van der Waals surface area contributed by atoms with E-state index in [1.165, 1.54) is 36.1 Å². The Hall–Kier alpha value is -2.99. The molecule has 12 heteroatoms. The van der Waals surface area contributed by atoms with Crippen molar-refractivity contribution in [2.45, 2.75) is 31.4 Å². The molecule has 0 saturated carbocycles. The number of nitrogens with zero attached hydrogens (tertiary/aromatic N) is 3. The van der Waals surface area contributed by atoms with E-state index in [9.17, 15) is 26.4 Å². The average molecular weight is 482 g/mol. The summed E-state index contributed by atoms with van der Waals surface area (Å²) in [7, 11) is -1.91. The molecule has 3 aromatic rings. The second-order valence-electron chi connectivity index (χ2n) is 8.30. The molecule has 1 fully saturated rings. The van der Waals surface area contributed by atoms with Gasteiger partial charge in [-0.3, -0.25) is 9.36 Å². The molecular formula is C21H22F3N5O3S. The van der Waals surface area contributed by atoms with E-state index in [2.05, 4.69) is 15.3 Å². The number of nitrogens with two attached hydrogens (primary N) is 1. The maximum absolute atomic E-state index is 14.6. The number of alkyl halides is 2. The van der Waals surface area contributed by atoms with Gasteiger partial charge in [-0.2, -0.15) is 0 Å². The summed E-state index contributed by atoms with van der Waals surface area (Å²) < 4.78 is 66.2. The highest BCUT2D eigenvalue weighted by Gasteiger charge is 2.42. The van der Waals surface area contributed by atoms with E-state index in [0.717, 1.165) is 6.07 Å². The van der Waals surface area contributed by atoms with E-state index < -0.39 is 44.8 Å². The molecule has 2 atom stereocenters. The Morgan fingerprint density at radius 2 is 1.94 bits per heavy atom. The number of anilines is 1. The summed E-state index contributed by atoms with van der Waals surface area (Å²) in [6.45, 7) is 1.58. The topological polar surface area (TPSA) is 120 Å². The SMILES string of the molecule is C[C@@H](Nc1ncnc2c1cc(C1(N)CCS(=O)(=O)C1)c(=O)n2C)c1cccc(C(F)F)c1F. The number of nitrogens with one attached hydrogen (secondary N) is 1. The Balaban J connectivity index is 1.81. The third-order valence-electron chi connectivity index (χ3n) is 5.99. The van der Waals surface area contributed by atoms with Crippen LogP contribution >= 0.6 is 0 Å². The fourth-order valence-electron chi connectivity index (χ4n) is 4.18. The lowest BCUT2D eigenvalue weighted by Gasteiger charge is -2.24. The van der Waals surface area contributed by atoms with Gasteiger partial charge in [0.1, 0.15) is 23.6 Å². The van der Waals surface area contributed by atoms with Gasteiger partial charge < -0.3 is 11.1 Å². The maximum atomic E-state index is 14.6. The van der Waals surface area contributed by atoms with Crippen LogP contribution in [0.2, 0.25) is 0 Å². The first-order chi connectivity index (χ1) is 15.4. The molecule has 0 spiro atoms. The van der Waals surface area contributed by atoms with Crippen LogP contribution < -0.4 is 16.6 Å². The maximum Gasteiger partial charge on any atom is 0.266 e. The zero-order chi connectivity index (χ0) is 24.1. The molecule has 3 N–H and O–H groups in total. The number of fused-ring (bicyclic) bond motifs is 1. The summed E-state index contributed by atoms with van der Waals surface area (Å²) >= 11 is 0. The van der Waals surface area contributed by atoms with Crippen molar-refractivity contribution in [3.05, 3.63) is 63.5 Å². The first-order valence-corrected chi connectivity index (χ1v) is 11.9.